The number of rotatable bonds is 59. The van der Waals surface area contributed by atoms with Crippen molar-refractivity contribution in [3.8, 4) is 0 Å². The normalized spacial score (nSPS) is 13.2. The van der Waals surface area contributed by atoms with E-state index in [4.69, 9.17) is 14.2 Å². The molecule has 1 atom stereocenters. The zero-order chi connectivity index (χ0) is 59.2. The van der Waals surface area contributed by atoms with Crippen LogP contribution < -0.4 is 0 Å². The second-order valence-electron chi connectivity index (χ2n) is 21.6. The summed E-state index contributed by atoms with van der Waals surface area (Å²) in [7, 11) is 0. The van der Waals surface area contributed by atoms with Gasteiger partial charge >= 0.3 is 17.9 Å². The molecule has 0 heterocycles. The number of esters is 3. The molecule has 0 aliphatic rings. The highest BCUT2D eigenvalue weighted by molar-refractivity contribution is 5.71. The Balaban J connectivity index is 4.34. The van der Waals surface area contributed by atoms with E-state index >= 15 is 0 Å². The lowest BCUT2D eigenvalue weighted by Crippen LogP contribution is -2.30. The van der Waals surface area contributed by atoms with Crippen molar-refractivity contribution in [1.82, 2.24) is 0 Å². The number of hydrogen-bond acceptors (Lipinski definition) is 6. The van der Waals surface area contributed by atoms with Gasteiger partial charge in [-0.1, -0.05) is 294 Å². The van der Waals surface area contributed by atoms with Gasteiger partial charge in [0.05, 0.1) is 0 Å². The highest BCUT2D eigenvalue weighted by Crippen LogP contribution is 2.15. The quantitative estimate of drug-likeness (QED) is 0.0261. The molecular weight excluding hydrogens is 1010 g/mol. The van der Waals surface area contributed by atoms with E-state index in [1.165, 1.54) is 96.3 Å². The van der Waals surface area contributed by atoms with Gasteiger partial charge in [0.25, 0.3) is 0 Å². The van der Waals surface area contributed by atoms with Gasteiger partial charge in [0.2, 0.25) is 0 Å². The van der Waals surface area contributed by atoms with Crippen molar-refractivity contribution < 1.29 is 28.6 Å². The predicted molar refractivity (Wildman–Crippen MR) is 357 cm³/mol. The van der Waals surface area contributed by atoms with E-state index in [1.807, 2.05) is 0 Å². The van der Waals surface area contributed by atoms with Gasteiger partial charge < -0.3 is 14.2 Å². The minimum absolute atomic E-state index is 0.0939. The number of allylic oxidation sites excluding steroid dienone is 26. The molecule has 462 valence electrons. The third-order valence-corrected chi connectivity index (χ3v) is 13.8. The molecule has 0 bridgehead atoms. The number of unbranched alkanes of at least 4 members (excludes halogenated alkanes) is 22. The van der Waals surface area contributed by atoms with Crippen LogP contribution >= 0.6 is 0 Å². The summed E-state index contributed by atoms with van der Waals surface area (Å²) in [6, 6.07) is 0. The Hall–Kier alpha value is -4.97. The first-order chi connectivity index (χ1) is 40.5. The van der Waals surface area contributed by atoms with Gasteiger partial charge in [-0.3, -0.25) is 14.4 Å². The fourth-order valence-corrected chi connectivity index (χ4v) is 8.84. The van der Waals surface area contributed by atoms with Crippen LogP contribution in [-0.2, 0) is 28.6 Å². The average molecular weight is 1130 g/mol. The summed E-state index contributed by atoms with van der Waals surface area (Å²) < 4.78 is 16.9. The first-order valence-corrected chi connectivity index (χ1v) is 33.5. The van der Waals surface area contributed by atoms with Crippen LogP contribution in [-0.4, -0.2) is 37.2 Å². The molecule has 82 heavy (non-hydrogen) atoms. The molecule has 0 spiro atoms. The van der Waals surface area contributed by atoms with Gasteiger partial charge in [-0.05, 0) is 128 Å². The molecule has 0 aliphatic heterocycles. The maximum absolute atomic E-state index is 12.9. The number of ether oxygens (including phenoxy) is 3. The maximum Gasteiger partial charge on any atom is 0.306 e. The Bertz CT molecular complexity index is 1830. The molecule has 0 radical (unpaired) electrons. The van der Waals surface area contributed by atoms with Crippen molar-refractivity contribution in [2.75, 3.05) is 13.2 Å². The lowest BCUT2D eigenvalue weighted by molar-refractivity contribution is -0.167. The van der Waals surface area contributed by atoms with Crippen LogP contribution in [0.2, 0.25) is 0 Å². The van der Waals surface area contributed by atoms with Crippen LogP contribution in [0.4, 0.5) is 0 Å². The van der Waals surface area contributed by atoms with Gasteiger partial charge in [-0.25, -0.2) is 0 Å². The fourth-order valence-electron chi connectivity index (χ4n) is 8.84. The van der Waals surface area contributed by atoms with Crippen molar-refractivity contribution in [3.63, 3.8) is 0 Å². The number of hydrogen-bond donors (Lipinski definition) is 0. The van der Waals surface area contributed by atoms with Crippen LogP contribution in [0.25, 0.3) is 0 Å². The zero-order valence-corrected chi connectivity index (χ0v) is 52.9. The van der Waals surface area contributed by atoms with Crippen molar-refractivity contribution >= 4 is 17.9 Å². The van der Waals surface area contributed by atoms with E-state index in [0.29, 0.717) is 19.3 Å². The molecule has 0 saturated carbocycles. The minimum atomic E-state index is -0.800. The molecule has 0 aromatic rings. The Labute approximate surface area is 505 Å². The summed E-state index contributed by atoms with van der Waals surface area (Å²) >= 11 is 0. The topological polar surface area (TPSA) is 78.9 Å². The van der Waals surface area contributed by atoms with Crippen LogP contribution in [0.5, 0.6) is 0 Å². The van der Waals surface area contributed by atoms with Gasteiger partial charge in [0.1, 0.15) is 13.2 Å². The SMILES string of the molecule is CC/C=C\C/C=C\C/C=C\C/C=C\C/C=C\C/C=C\C/C=C\C/C=C\C/C=C\CCCCCC(=O)OCC(COC(=O)CCCCCCCCCCCC)OC(=O)CCCCCCCCCCCC/C=C\C/C=C\C/C=C\C/C=C\CC. The molecule has 0 saturated heterocycles. The highest BCUT2D eigenvalue weighted by Gasteiger charge is 2.19. The van der Waals surface area contributed by atoms with Gasteiger partial charge in [0.15, 0.2) is 6.10 Å². The average Bonchev–Trinajstić information content (AvgIpc) is 3.47. The standard InChI is InChI=1S/C76H122O6/c1-4-7-10-13-16-19-22-24-26-28-30-32-34-35-36-37-38-39-40-41-43-44-46-48-50-52-54-57-60-63-66-69-75(78)81-72-73(71-80-74(77)68-65-62-59-56-21-18-15-12-9-6-3)82-76(79)70-67-64-61-58-55-53-51-49-47-45-42-33-31-29-27-25-23-20-17-14-11-8-5-2/h7-8,10-11,16-17,19-20,24-27,30-33,35-36,38-39,41,43,46,48,52,54,73H,4-6,9,12-15,18,21-23,28-29,34,37,40,42,44-45,47,49-51,53,55-72H2,1-3H3/b10-7-,11-8-,19-16-,20-17-,26-24-,27-25-,32-30-,33-31-,36-35-,39-38-,43-41-,48-46-,54-52-. The number of carbonyl (C=O) groups is 3. The molecular formula is C76H122O6. The molecule has 0 aliphatic carbocycles. The van der Waals surface area contributed by atoms with Crippen LogP contribution in [0.15, 0.2) is 158 Å². The Morgan fingerprint density at radius 2 is 0.476 bits per heavy atom. The zero-order valence-electron chi connectivity index (χ0n) is 52.9. The van der Waals surface area contributed by atoms with E-state index in [9.17, 15) is 14.4 Å². The molecule has 0 aromatic heterocycles. The summed E-state index contributed by atoms with van der Waals surface area (Å²) in [4.78, 5) is 38.3. The Morgan fingerprint density at radius 1 is 0.256 bits per heavy atom. The molecule has 6 heteroatoms. The molecule has 6 nitrogen and oxygen atoms in total. The van der Waals surface area contributed by atoms with Gasteiger partial charge in [-0.2, -0.15) is 0 Å². The molecule has 0 fully saturated rings. The third kappa shape index (κ3) is 65.8. The smallest absolute Gasteiger partial charge is 0.306 e. The second kappa shape index (κ2) is 68.5. The second-order valence-corrected chi connectivity index (χ2v) is 21.6. The molecule has 1 unspecified atom stereocenters. The lowest BCUT2D eigenvalue weighted by Gasteiger charge is -2.18. The first-order valence-electron chi connectivity index (χ1n) is 33.5. The van der Waals surface area contributed by atoms with Crippen molar-refractivity contribution in [1.29, 1.82) is 0 Å². The first kappa shape index (κ1) is 77.0. The Kier molecular flexibility index (Phi) is 64.4. The third-order valence-electron chi connectivity index (χ3n) is 13.8. The monoisotopic (exact) mass is 1130 g/mol. The van der Waals surface area contributed by atoms with Crippen molar-refractivity contribution in [3.05, 3.63) is 158 Å². The lowest BCUT2D eigenvalue weighted by atomic mass is 10.0. The highest BCUT2D eigenvalue weighted by atomic mass is 16.6. The molecule has 0 N–H and O–H groups in total. The van der Waals surface area contributed by atoms with E-state index in [0.717, 1.165) is 148 Å². The van der Waals surface area contributed by atoms with E-state index in [1.54, 1.807) is 0 Å². The minimum Gasteiger partial charge on any atom is -0.462 e. The van der Waals surface area contributed by atoms with E-state index in [2.05, 4.69) is 179 Å². The summed E-state index contributed by atoms with van der Waals surface area (Å²) in [5.74, 6) is -0.934. The van der Waals surface area contributed by atoms with E-state index in [-0.39, 0.29) is 31.1 Å². The fraction of sp³-hybridized carbons (Fsp3) is 0.618. The van der Waals surface area contributed by atoms with Gasteiger partial charge in [-0.15, -0.1) is 0 Å². The van der Waals surface area contributed by atoms with E-state index < -0.39 is 6.10 Å². The molecule has 0 aromatic carbocycles. The van der Waals surface area contributed by atoms with Crippen LogP contribution in [0.1, 0.15) is 284 Å². The van der Waals surface area contributed by atoms with Crippen LogP contribution in [0.3, 0.4) is 0 Å². The van der Waals surface area contributed by atoms with Crippen LogP contribution in [0, 0.1) is 0 Å². The largest absolute Gasteiger partial charge is 0.462 e. The number of carbonyl (C=O) groups excluding carboxylic acids is 3. The van der Waals surface area contributed by atoms with Crippen molar-refractivity contribution in [2.24, 2.45) is 0 Å². The maximum atomic E-state index is 12.9. The molecule has 0 rings (SSSR count). The molecule has 0 amide bonds. The predicted octanol–water partition coefficient (Wildman–Crippen LogP) is 23.3. The van der Waals surface area contributed by atoms with Crippen molar-refractivity contribution in [2.45, 2.75) is 290 Å². The van der Waals surface area contributed by atoms with Gasteiger partial charge in [0, 0.05) is 19.3 Å². The Morgan fingerprint density at radius 3 is 0.756 bits per heavy atom. The summed E-state index contributed by atoms with van der Waals surface area (Å²) in [6.45, 7) is 6.37. The summed E-state index contributed by atoms with van der Waals surface area (Å²) in [5, 5.41) is 0. The summed E-state index contributed by atoms with van der Waals surface area (Å²) in [5.41, 5.74) is 0. The summed E-state index contributed by atoms with van der Waals surface area (Å²) in [6.07, 6.45) is 99.7.